The molecular formula is C29H37F2N5O2S. The van der Waals surface area contributed by atoms with Crippen molar-refractivity contribution in [3.63, 3.8) is 0 Å². The second-order valence-electron chi connectivity index (χ2n) is 11.3. The van der Waals surface area contributed by atoms with Crippen LogP contribution in [0.5, 0.6) is 0 Å². The van der Waals surface area contributed by atoms with Crippen LogP contribution in [0.25, 0.3) is 11.0 Å². The highest BCUT2D eigenvalue weighted by atomic mass is 32.1. The van der Waals surface area contributed by atoms with E-state index in [2.05, 4.69) is 60.9 Å². The fourth-order valence-electron chi connectivity index (χ4n) is 4.78. The summed E-state index contributed by atoms with van der Waals surface area (Å²) in [4.78, 5) is 29.7. The van der Waals surface area contributed by atoms with E-state index >= 15 is 0 Å². The van der Waals surface area contributed by atoms with Gasteiger partial charge in [0, 0.05) is 24.7 Å². The average Bonchev–Trinajstić information content (AvgIpc) is 3.52. The summed E-state index contributed by atoms with van der Waals surface area (Å²) in [6.45, 7) is 13.0. The molecule has 1 saturated carbocycles. The van der Waals surface area contributed by atoms with Gasteiger partial charge in [0.25, 0.3) is 12.3 Å². The van der Waals surface area contributed by atoms with E-state index in [1.807, 2.05) is 12.1 Å². The third kappa shape index (κ3) is 6.91. The van der Waals surface area contributed by atoms with Gasteiger partial charge in [-0.2, -0.15) is 0 Å². The zero-order valence-corrected chi connectivity index (χ0v) is 23.7. The molecule has 3 aromatic rings. The lowest BCUT2D eigenvalue weighted by molar-refractivity contribution is -0.117. The lowest BCUT2D eigenvalue weighted by atomic mass is 9.88. The number of thiophene rings is 1. The summed E-state index contributed by atoms with van der Waals surface area (Å²) in [5, 5.41) is 9.43. The fraction of sp³-hybridized carbons (Fsp3) is 0.483. The maximum Gasteiger partial charge on any atom is 0.272 e. The molecular weight excluding hydrogens is 520 g/mol. The first kappa shape index (κ1) is 28.9. The first-order valence-electron chi connectivity index (χ1n) is 13.3. The molecule has 1 aromatic carbocycles. The third-order valence-electron chi connectivity index (χ3n) is 7.55. The molecule has 0 unspecified atom stereocenters. The summed E-state index contributed by atoms with van der Waals surface area (Å²) < 4.78 is 28.2. The van der Waals surface area contributed by atoms with Gasteiger partial charge in [-0.15, -0.1) is 11.3 Å². The number of nitrogens with zero attached hydrogens (tertiary/aromatic N) is 2. The van der Waals surface area contributed by atoms with E-state index in [4.69, 9.17) is 4.98 Å². The molecule has 3 N–H and O–H groups in total. The lowest BCUT2D eigenvalue weighted by Crippen LogP contribution is -2.37. The first-order chi connectivity index (χ1) is 18.5. The van der Waals surface area contributed by atoms with Gasteiger partial charge in [-0.25, -0.2) is 13.8 Å². The molecule has 0 radical (unpaired) electrons. The number of alkyl halides is 2. The predicted octanol–water partition coefficient (Wildman–Crippen LogP) is 6.60. The molecule has 210 valence electrons. The van der Waals surface area contributed by atoms with E-state index in [0.29, 0.717) is 18.5 Å². The molecule has 1 fully saturated rings. The highest BCUT2D eigenvalue weighted by molar-refractivity contribution is 7.14. The Balaban J connectivity index is 1.61. The van der Waals surface area contributed by atoms with E-state index in [-0.39, 0.29) is 33.2 Å². The monoisotopic (exact) mass is 557 g/mol. The van der Waals surface area contributed by atoms with Crippen LogP contribution in [-0.2, 0) is 11.3 Å². The smallest absolute Gasteiger partial charge is 0.272 e. The molecule has 0 aliphatic heterocycles. The highest BCUT2D eigenvalue weighted by Gasteiger charge is 2.28. The zero-order chi connectivity index (χ0) is 28.3. The van der Waals surface area contributed by atoms with E-state index in [9.17, 15) is 18.4 Å². The topological polar surface area (TPSA) is 88.1 Å². The highest BCUT2D eigenvalue weighted by Crippen LogP contribution is 2.35. The molecule has 0 bridgehead atoms. The number of hydrogen-bond acceptors (Lipinski definition) is 5. The number of carbonyl (C=O) groups excluding carboxylic acids is 2. The number of fused-ring (bicyclic) bond motifs is 1. The Bertz CT molecular complexity index is 1340. The number of halogens is 2. The summed E-state index contributed by atoms with van der Waals surface area (Å²) in [6.07, 6.45) is 1.81. The van der Waals surface area contributed by atoms with Crippen molar-refractivity contribution in [2.45, 2.75) is 84.5 Å². The van der Waals surface area contributed by atoms with Crippen LogP contribution in [-0.4, -0.2) is 33.4 Å². The summed E-state index contributed by atoms with van der Waals surface area (Å²) in [6, 6.07) is 9.27. The normalized spacial score (nSPS) is 18.7. The van der Waals surface area contributed by atoms with Gasteiger partial charge in [-0.3, -0.25) is 14.9 Å². The number of carbonyl (C=O) groups is 2. The fourth-order valence-corrected chi connectivity index (χ4v) is 5.54. The van der Waals surface area contributed by atoms with Crippen molar-refractivity contribution in [2.24, 2.45) is 5.41 Å². The van der Waals surface area contributed by atoms with E-state index in [1.54, 1.807) is 0 Å². The molecule has 2 amide bonds. The number of imidazole rings is 1. The van der Waals surface area contributed by atoms with Gasteiger partial charge in [-0.1, -0.05) is 33.4 Å². The van der Waals surface area contributed by atoms with Gasteiger partial charge in [-0.05, 0) is 73.9 Å². The number of benzene rings is 1. The molecule has 1 aliphatic carbocycles. The minimum absolute atomic E-state index is 0.0621. The van der Waals surface area contributed by atoms with Crippen molar-refractivity contribution in [2.75, 3.05) is 5.32 Å². The van der Waals surface area contributed by atoms with E-state index < -0.39 is 12.3 Å². The van der Waals surface area contributed by atoms with Crippen LogP contribution < -0.4 is 16.0 Å². The van der Waals surface area contributed by atoms with E-state index in [1.165, 1.54) is 18.2 Å². The summed E-state index contributed by atoms with van der Waals surface area (Å²) in [5.41, 5.74) is 2.86. The van der Waals surface area contributed by atoms with Crippen molar-refractivity contribution in [1.82, 2.24) is 20.2 Å². The molecule has 10 heteroatoms. The Morgan fingerprint density at radius 2 is 1.90 bits per heavy atom. The van der Waals surface area contributed by atoms with Crippen molar-refractivity contribution in [1.29, 1.82) is 0 Å². The molecule has 2 heterocycles. The van der Waals surface area contributed by atoms with Crippen molar-refractivity contribution in [3.05, 3.63) is 58.3 Å². The van der Waals surface area contributed by atoms with Gasteiger partial charge in [0.1, 0.15) is 0 Å². The molecule has 0 spiro atoms. The van der Waals surface area contributed by atoms with Crippen molar-refractivity contribution >= 4 is 40.1 Å². The standard InChI is InChI=1S/C29H37F2N5O2S/c1-6-25(37)33-19-8-10-20(11-9-19)36-22-12-7-18(16-32-17(2)29(3,4)5)15-21(22)34-28(36)35-27(38)24-14-13-23(39-24)26(30)31/h6-7,12-15,17,19-20,26,32H,1,8-11,16H2,2-5H3,(H,33,37)(H,34,35,38)/t17-,19?,20?/m0/s1. The van der Waals surface area contributed by atoms with Crippen LogP contribution in [0.15, 0.2) is 43.0 Å². The largest absolute Gasteiger partial charge is 0.350 e. The van der Waals surface area contributed by atoms with Crippen LogP contribution >= 0.6 is 11.3 Å². The van der Waals surface area contributed by atoms with Crippen LogP contribution in [0.4, 0.5) is 14.7 Å². The maximum atomic E-state index is 13.1. The SMILES string of the molecule is C=CC(=O)NC1CCC(n2c(NC(=O)c3ccc(C(F)F)s3)nc3cc(CN[C@@H](C)C(C)(C)C)ccc32)CC1. The summed E-state index contributed by atoms with van der Waals surface area (Å²) in [5.74, 6) is -0.245. The Morgan fingerprint density at radius 3 is 2.51 bits per heavy atom. The number of aromatic nitrogens is 2. The van der Waals surface area contributed by atoms with Crippen LogP contribution in [0.2, 0.25) is 0 Å². The Labute approximate surface area is 232 Å². The van der Waals surface area contributed by atoms with E-state index in [0.717, 1.165) is 53.6 Å². The number of amides is 2. The number of rotatable bonds is 9. The number of hydrogen-bond donors (Lipinski definition) is 3. The molecule has 4 rings (SSSR count). The summed E-state index contributed by atoms with van der Waals surface area (Å²) >= 11 is 0.783. The minimum Gasteiger partial charge on any atom is -0.350 e. The molecule has 0 saturated heterocycles. The van der Waals surface area contributed by atoms with Gasteiger partial charge >= 0.3 is 0 Å². The molecule has 1 aliphatic rings. The second kappa shape index (κ2) is 12.0. The predicted molar refractivity (Wildman–Crippen MR) is 152 cm³/mol. The Morgan fingerprint density at radius 1 is 1.18 bits per heavy atom. The van der Waals surface area contributed by atoms with Crippen molar-refractivity contribution < 1.29 is 18.4 Å². The molecule has 7 nitrogen and oxygen atoms in total. The van der Waals surface area contributed by atoms with Crippen molar-refractivity contribution in [3.8, 4) is 0 Å². The van der Waals surface area contributed by atoms with Crippen LogP contribution in [0.1, 0.15) is 86.0 Å². The Kier molecular flexibility index (Phi) is 8.86. The molecule has 39 heavy (non-hydrogen) atoms. The lowest BCUT2D eigenvalue weighted by Gasteiger charge is -2.31. The van der Waals surface area contributed by atoms with Crippen LogP contribution in [0, 0.1) is 5.41 Å². The average molecular weight is 558 g/mol. The molecule has 2 aromatic heterocycles. The number of nitrogens with one attached hydrogen (secondary N) is 3. The maximum absolute atomic E-state index is 13.1. The van der Waals surface area contributed by atoms with Gasteiger partial charge in [0.2, 0.25) is 11.9 Å². The third-order valence-corrected chi connectivity index (χ3v) is 8.64. The number of anilines is 1. The zero-order valence-electron chi connectivity index (χ0n) is 22.9. The quantitative estimate of drug-likeness (QED) is 0.259. The minimum atomic E-state index is -2.62. The van der Waals surface area contributed by atoms with Gasteiger partial charge < -0.3 is 15.2 Å². The summed E-state index contributed by atoms with van der Waals surface area (Å²) in [7, 11) is 0. The van der Waals surface area contributed by atoms with Gasteiger partial charge in [0.15, 0.2) is 0 Å². The first-order valence-corrected chi connectivity index (χ1v) is 14.1. The van der Waals surface area contributed by atoms with Crippen LogP contribution in [0.3, 0.4) is 0 Å². The Hall–Kier alpha value is -3.11. The van der Waals surface area contributed by atoms with Gasteiger partial charge in [0.05, 0.1) is 20.8 Å². The second-order valence-corrected chi connectivity index (χ2v) is 12.4. The molecule has 1 atom stereocenters.